The summed E-state index contributed by atoms with van der Waals surface area (Å²) in [5.41, 5.74) is 6.69. The molecule has 3 rings (SSSR count). The third-order valence-electron chi connectivity index (χ3n) is 3.47. The Balaban J connectivity index is 1.96. The predicted octanol–water partition coefficient (Wildman–Crippen LogP) is 3.69. The van der Waals surface area contributed by atoms with E-state index in [0.717, 1.165) is 10.9 Å². The average Bonchev–Trinajstić information content (AvgIpc) is 2.88. The second-order valence-corrected chi connectivity index (χ2v) is 5.19. The number of nitrogen functional groups attached to an aromatic ring is 1. The Morgan fingerprint density at radius 2 is 2.09 bits per heavy atom. The van der Waals surface area contributed by atoms with Crippen molar-refractivity contribution < 1.29 is 13.9 Å². The van der Waals surface area contributed by atoms with Crippen LogP contribution in [0.15, 0.2) is 42.7 Å². The summed E-state index contributed by atoms with van der Waals surface area (Å²) in [6.45, 7) is -0.120. The molecule has 0 saturated carbocycles. The Morgan fingerprint density at radius 3 is 2.87 bits per heavy atom. The minimum absolute atomic E-state index is 0.293. The van der Waals surface area contributed by atoms with Gasteiger partial charge >= 0.3 is 0 Å². The number of nitrogens with zero attached hydrogens (tertiary/aromatic N) is 2. The van der Waals surface area contributed by atoms with E-state index in [-0.39, 0.29) is 0 Å². The van der Waals surface area contributed by atoms with Crippen molar-refractivity contribution in [1.82, 2.24) is 9.55 Å². The summed E-state index contributed by atoms with van der Waals surface area (Å²) >= 11 is 0. The lowest BCUT2D eigenvalue weighted by Gasteiger charge is -2.13. The van der Waals surface area contributed by atoms with Crippen molar-refractivity contribution in [2.75, 3.05) is 19.0 Å². The highest BCUT2D eigenvalue weighted by atomic mass is 19.1. The molecule has 0 fully saturated rings. The molecule has 0 saturated heterocycles. The van der Waals surface area contributed by atoms with E-state index in [4.69, 9.17) is 15.2 Å². The van der Waals surface area contributed by atoms with E-state index >= 15 is 0 Å². The normalized spacial score (nSPS) is 10.9. The van der Waals surface area contributed by atoms with Gasteiger partial charge in [-0.05, 0) is 18.2 Å². The summed E-state index contributed by atoms with van der Waals surface area (Å²) in [6, 6.07) is 9.15. The quantitative estimate of drug-likeness (QED) is 0.705. The van der Waals surface area contributed by atoms with Crippen molar-refractivity contribution in [2.24, 2.45) is 7.05 Å². The number of fused-ring (bicyclic) bond motifs is 1. The highest BCUT2D eigenvalue weighted by Crippen LogP contribution is 2.36. The Kier molecular flexibility index (Phi) is 4.32. The number of alkyl halides is 1. The van der Waals surface area contributed by atoms with Gasteiger partial charge in [-0.25, -0.2) is 4.98 Å². The average molecular weight is 315 g/mol. The van der Waals surface area contributed by atoms with Crippen molar-refractivity contribution in [2.45, 2.75) is 6.42 Å². The molecule has 0 atom stereocenters. The summed E-state index contributed by atoms with van der Waals surface area (Å²) in [6.07, 6.45) is 3.88. The third-order valence-corrected chi connectivity index (χ3v) is 3.47. The Morgan fingerprint density at radius 1 is 1.22 bits per heavy atom. The SMILES string of the molecule is Cn1ccc2cc(Oc3ccnc(N)c3)c(OCCCF)cc21. The van der Waals surface area contributed by atoms with Gasteiger partial charge in [-0.1, -0.05) is 0 Å². The minimum atomic E-state index is -0.413. The Labute approximate surface area is 133 Å². The zero-order chi connectivity index (χ0) is 16.2. The number of pyridine rings is 1. The largest absolute Gasteiger partial charge is 0.489 e. The molecule has 0 aliphatic carbocycles. The number of benzene rings is 1. The molecule has 0 bridgehead atoms. The molecule has 120 valence electrons. The van der Waals surface area contributed by atoms with Crippen LogP contribution in [-0.4, -0.2) is 22.8 Å². The summed E-state index contributed by atoms with van der Waals surface area (Å²) in [4.78, 5) is 3.94. The number of rotatable bonds is 6. The van der Waals surface area contributed by atoms with Crippen LogP contribution in [0.5, 0.6) is 17.2 Å². The van der Waals surface area contributed by atoms with Gasteiger partial charge in [0.25, 0.3) is 0 Å². The van der Waals surface area contributed by atoms with Crippen LogP contribution >= 0.6 is 0 Å². The number of hydrogen-bond acceptors (Lipinski definition) is 4. The molecule has 0 aliphatic rings. The van der Waals surface area contributed by atoms with Gasteiger partial charge in [-0.2, -0.15) is 0 Å². The maximum absolute atomic E-state index is 12.3. The van der Waals surface area contributed by atoms with Gasteiger partial charge in [0.2, 0.25) is 0 Å². The van der Waals surface area contributed by atoms with Crippen molar-refractivity contribution >= 4 is 16.7 Å². The van der Waals surface area contributed by atoms with Gasteiger partial charge in [0.05, 0.1) is 18.8 Å². The lowest BCUT2D eigenvalue weighted by Crippen LogP contribution is -2.00. The van der Waals surface area contributed by atoms with E-state index < -0.39 is 6.67 Å². The fourth-order valence-electron chi connectivity index (χ4n) is 2.32. The molecule has 2 aromatic heterocycles. The van der Waals surface area contributed by atoms with E-state index in [1.165, 1.54) is 0 Å². The first-order valence-electron chi connectivity index (χ1n) is 7.34. The number of aromatic nitrogens is 2. The Hall–Kier alpha value is -2.76. The molecule has 2 N–H and O–H groups in total. The summed E-state index contributed by atoms with van der Waals surface area (Å²) in [7, 11) is 1.96. The van der Waals surface area contributed by atoms with E-state index in [0.29, 0.717) is 36.1 Å². The molecule has 0 spiro atoms. The summed E-state index contributed by atoms with van der Waals surface area (Å²) in [5.74, 6) is 2.09. The molecule has 6 heteroatoms. The molecule has 0 aliphatic heterocycles. The van der Waals surface area contributed by atoms with Crippen LogP contribution in [0.4, 0.5) is 10.2 Å². The fraction of sp³-hybridized carbons (Fsp3) is 0.235. The van der Waals surface area contributed by atoms with Crippen molar-refractivity contribution in [3.05, 3.63) is 42.7 Å². The van der Waals surface area contributed by atoms with Crippen molar-refractivity contribution in [3.63, 3.8) is 0 Å². The fourth-order valence-corrected chi connectivity index (χ4v) is 2.32. The smallest absolute Gasteiger partial charge is 0.170 e. The highest BCUT2D eigenvalue weighted by molar-refractivity contribution is 5.84. The molecule has 0 amide bonds. The van der Waals surface area contributed by atoms with E-state index in [1.54, 1.807) is 18.3 Å². The number of hydrogen-bond donors (Lipinski definition) is 1. The number of anilines is 1. The lowest BCUT2D eigenvalue weighted by molar-refractivity contribution is 0.279. The van der Waals surface area contributed by atoms with Crippen molar-refractivity contribution in [3.8, 4) is 17.2 Å². The molecule has 0 unspecified atom stereocenters. The standard InChI is InChI=1S/C17H18FN3O2/c1-21-7-4-12-9-16(23-13-3-6-20-17(19)10-13)15(11-14(12)21)22-8-2-5-18/h3-4,6-7,9-11H,2,5,8H2,1H3,(H2,19,20). The maximum atomic E-state index is 12.3. The van der Waals surface area contributed by atoms with Crippen LogP contribution in [0.3, 0.4) is 0 Å². The van der Waals surface area contributed by atoms with Crippen LogP contribution in [-0.2, 0) is 7.05 Å². The first-order valence-corrected chi connectivity index (χ1v) is 7.34. The van der Waals surface area contributed by atoms with Crippen LogP contribution < -0.4 is 15.2 Å². The molecule has 1 aromatic carbocycles. The topological polar surface area (TPSA) is 62.3 Å². The lowest BCUT2D eigenvalue weighted by atomic mass is 10.2. The van der Waals surface area contributed by atoms with Gasteiger partial charge < -0.3 is 19.8 Å². The first-order chi connectivity index (χ1) is 11.2. The van der Waals surface area contributed by atoms with E-state index in [2.05, 4.69) is 4.98 Å². The van der Waals surface area contributed by atoms with Crippen molar-refractivity contribution in [1.29, 1.82) is 0 Å². The molecule has 5 nitrogen and oxygen atoms in total. The summed E-state index contributed by atoms with van der Waals surface area (Å²) < 4.78 is 25.9. The zero-order valence-corrected chi connectivity index (χ0v) is 12.8. The second-order valence-electron chi connectivity index (χ2n) is 5.19. The van der Waals surface area contributed by atoms with Crippen LogP contribution in [0.25, 0.3) is 10.9 Å². The van der Waals surface area contributed by atoms with Gasteiger partial charge in [0.15, 0.2) is 11.5 Å². The molecule has 2 heterocycles. The Bertz CT molecular complexity index is 817. The van der Waals surface area contributed by atoms with E-state index in [1.807, 2.05) is 36.0 Å². The monoisotopic (exact) mass is 315 g/mol. The molecular weight excluding hydrogens is 297 g/mol. The van der Waals surface area contributed by atoms with Gasteiger partial charge in [-0.15, -0.1) is 0 Å². The highest BCUT2D eigenvalue weighted by Gasteiger charge is 2.11. The maximum Gasteiger partial charge on any atom is 0.170 e. The van der Waals surface area contributed by atoms with Crippen LogP contribution in [0.1, 0.15) is 6.42 Å². The number of nitrogens with two attached hydrogens (primary N) is 1. The first kappa shape index (κ1) is 15.1. The molecule has 3 aromatic rings. The number of halogens is 1. The number of ether oxygens (including phenoxy) is 2. The summed E-state index contributed by atoms with van der Waals surface area (Å²) in [5, 5.41) is 1.03. The third kappa shape index (κ3) is 3.36. The van der Waals surface area contributed by atoms with Gasteiger partial charge in [0.1, 0.15) is 11.6 Å². The van der Waals surface area contributed by atoms with E-state index in [9.17, 15) is 4.39 Å². The van der Waals surface area contributed by atoms with Crippen LogP contribution in [0, 0.1) is 0 Å². The zero-order valence-electron chi connectivity index (χ0n) is 12.8. The predicted molar refractivity (Wildman–Crippen MR) is 87.7 cm³/mol. The second kappa shape index (κ2) is 6.56. The minimum Gasteiger partial charge on any atom is -0.489 e. The number of aryl methyl sites for hydroxylation is 1. The van der Waals surface area contributed by atoms with Crippen LogP contribution in [0.2, 0.25) is 0 Å². The molecule has 0 radical (unpaired) electrons. The van der Waals surface area contributed by atoms with Gasteiger partial charge in [0, 0.05) is 43.4 Å². The molecule has 23 heavy (non-hydrogen) atoms. The molecular formula is C17H18FN3O2. The van der Waals surface area contributed by atoms with Gasteiger partial charge in [-0.3, -0.25) is 4.39 Å².